The number of carbonyl (C=O) groups excluding carboxylic acids is 3. The highest BCUT2D eigenvalue weighted by atomic mass is 16.3. The topological polar surface area (TPSA) is 82.9 Å². The zero-order valence-electron chi connectivity index (χ0n) is 17.2. The summed E-state index contributed by atoms with van der Waals surface area (Å²) in [5.41, 5.74) is -0.659. The van der Waals surface area contributed by atoms with Gasteiger partial charge in [-0.25, -0.2) is 4.79 Å². The van der Waals surface area contributed by atoms with Gasteiger partial charge in [0, 0.05) is 18.0 Å². The molecule has 158 valence electrons. The molecule has 3 fully saturated rings. The van der Waals surface area contributed by atoms with E-state index in [1.807, 2.05) is 29.2 Å². The van der Waals surface area contributed by atoms with Gasteiger partial charge >= 0.3 is 6.03 Å². The van der Waals surface area contributed by atoms with Crippen molar-refractivity contribution >= 4 is 28.8 Å². The fraction of sp³-hybridized carbons (Fsp3) is 0.522. The summed E-state index contributed by atoms with van der Waals surface area (Å²) in [6, 6.07) is 8.94. The molecule has 3 atom stereocenters. The molecular weight excluding hydrogens is 382 g/mol. The minimum absolute atomic E-state index is 0.135. The molecule has 7 nitrogen and oxygen atoms in total. The van der Waals surface area contributed by atoms with Crippen molar-refractivity contribution < 1.29 is 18.8 Å². The molecule has 5 rings (SSSR count). The minimum atomic E-state index is -1.31. The average molecular weight is 409 g/mol. The van der Waals surface area contributed by atoms with Gasteiger partial charge in [0.15, 0.2) is 5.54 Å². The third-order valence-electron chi connectivity index (χ3n) is 7.05. The molecule has 1 aromatic heterocycles. The van der Waals surface area contributed by atoms with Crippen LogP contribution in [-0.4, -0.2) is 46.8 Å². The van der Waals surface area contributed by atoms with Gasteiger partial charge in [-0.2, -0.15) is 0 Å². The van der Waals surface area contributed by atoms with Crippen molar-refractivity contribution in [2.75, 3.05) is 13.1 Å². The number of benzene rings is 1. The molecule has 0 spiro atoms. The van der Waals surface area contributed by atoms with Crippen molar-refractivity contribution in [3.05, 3.63) is 36.1 Å². The quantitative estimate of drug-likeness (QED) is 0.788. The molecule has 1 aromatic carbocycles. The summed E-state index contributed by atoms with van der Waals surface area (Å²) >= 11 is 0. The third kappa shape index (κ3) is 2.99. The lowest BCUT2D eigenvalue weighted by Crippen LogP contribution is -2.53. The smallest absolute Gasteiger partial charge is 0.325 e. The molecule has 2 saturated heterocycles. The van der Waals surface area contributed by atoms with Gasteiger partial charge in [0.2, 0.25) is 5.91 Å². The van der Waals surface area contributed by atoms with Crippen LogP contribution in [0.1, 0.15) is 51.2 Å². The van der Waals surface area contributed by atoms with Crippen LogP contribution < -0.4 is 5.32 Å². The van der Waals surface area contributed by atoms with Crippen molar-refractivity contribution in [1.29, 1.82) is 0 Å². The fourth-order valence-electron chi connectivity index (χ4n) is 5.40. The highest BCUT2D eigenvalue weighted by Gasteiger charge is 2.52. The molecule has 3 aliphatic rings. The molecule has 0 unspecified atom stereocenters. The third-order valence-corrected chi connectivity index (χ3v) is 7.05. The van der Waals surface area contributed by atoms with E-state index in [0.717, 1.165) is 29.5 Å². The summed E-state index contributed by atoms with van der Waals surface area (Å²) in [6.07, 6.45) is 6.71. The summed E-state index contributed by atoms with van der Waals surface area (Å²) in [6.45, 7) is 2.13. The number of nitrogens with one attached hydrogen (secondary N) is 1. The number of nitrogens with zero attached hydrogens (tertiary/aromatic N) is 2. The summed E-state index contributed by atoms with van der Waals surface area (Å²) in [7, 11) is 0. The van der Waals surface area contributed by atoms with Crippen LogP contribution in [0.3, 0.4) is 0 Å². The van der Waals surface area contributed by atoms with Crippen LogP contribution in [0.4, 0.5) is 4.79 Å². The van der Waals surface area contributed by atoms with E-state index in [2.05, 4.69) is 5.32 Å². The average Bonchev–Trinajstić information content (AvgIpc) is 3.29. The number of urea groups is 1. The Kier molecular flexibility index (Phi) is 4.56. The highest BCUT2D eigenvalue weighted by Crippen LogP contribution is 2.36. The van der Waals surface area contributed by atoms with Crippen molar-refractivity contribution in [2.45, 2.75) is 57.0 Å². The number of fused-ring (bicyclic) bond motifs is 2. The van der Waals surface area contributed by atoms with E-state index in [4.69, 9.17) is 4.42 Å². The summed E-state index contributed by atoms with van der Waals surface area (Å²) < 4.78 is 5.86. The summed E-state index contributed by atoms with van der Waals surface area (Å²) in [5.74, 6) is 0.351. The normalized spacial score (nSPS) is 29.2. The van der Waals surface area contributed by atoms with Gasteiger partial charge in [-0.3, -0.25) is 14.5 Å². The van der Waals surface area contributed by atoms with E-state index in [0.29, 0.717) is 23.8 Å². The monoisotopic (exact) mass is 409 g/mol. The number of furan rings is 1. The Morgan fingerprint density at radius 1 is 1.17 bits per heavy atom. The zero-order chi connectivity index (χ0) is 20.9. The van der Waals surface area contributed by atoms with Gasteiger partial charge in [-0.1, -0.05) is 31.0 Å². The Morgan fingerprint density at radius 2 is 1.93 bits per heavy atom. The van der Waals surface area contributed by atoms with Crippen molar-refractivity contribution in [3.63, 3.8) is 0 Å². The molecule has 2 aliphatic heterocycles. The summed E-state index contributed by atoms with van der Waals surface area (Å²) in [4.78, 5) is 42.0. The number of hydrogen-bond donors (Lipinski definition) is 1. The predicted molar refractivity (Wildman–Crippen MR) is 111 cm³/mol. The number of rotatable bonds is 3. The number of likely N-dealkylation sites (tertiary alicyclic amines) is 1. The largest absolute Gasteiger partial charge is 0.458 e. The first-order chi connectivity index (χ1) is 14.5. The molecule has 30 heavy (non-hydrogen) atoms. The molecule has 2 aromatic rings. The van der Waals surface area contributed by atoms with Crippen LogP contribution in [0.25, 0.3) is 11.0 Å². The lowest BCUT2D eigenvalue weighted by molar-refractivity contribution is -0.143. The SMILES string of the molecule is C[C@]1(c2cc3ccccc3o2)NC(=O)N(CC(=O)N2CCC[C@H]3CCCC[C@H]32)C1=O. The second-order valence-corrected chi connectivity index (χ2v) is 8.94. The maximum absolute atomic E-state index is 13.2. The van der Waals surface area contributed by atoms with E-state index in [-0.39, 0.29) is 18.5 Å². The number of carbonyl (C=O) groups is 3. The lowest BCUT2D eigenvalue weighted by atomic mass is 9.78. The standard InChI is InChI=1S/C23H27N3O4/c1-23(19-13-16-8-3-5-11-18(16)30-19)21(28)26(22(29)24-23)14-20(27)25-12-6-9-15-7-2-4-10-17(15)25/h3,5,8,11,13,15,17H,2,4,6-7,9-10,12,14H2,1H3,(H,24,29)/t15-,17-,23-/m1/s1. The van der Waals surface area contributed by atoms with E-state index in [1.54, 1.807) is 13.0 Å². The number of imide groups is 1. The predicted octanol–water partition coefficient (Wildman–Crippen LogP) is 3.38. The van der Waals surface area contributed by atoms with Gasteiger partial charge in [0.1, 0.15) is 17.9 Å². The van der Waals surface area contributed by atoms with Gasteiger partial charge in [-0.05, 0) is 50.7 Å². The first-order valence-electron chi connectivity index (χ1n) is 10.9. The van der Waals surface area contributed by atoms with Crippen LogP contribution in [0.2, 0.25) is 0 Å². The Bertz CT molecular complexity index is 980. The Hall–Kier alpha value is -2.83. The van der Waals surface area contributed by atoms with Crippen molar-refractivity contribution in [3.8, 4) is 0 Å². The first kappa shape index (κ1) is 19.2. The Balaban J connectivity index is 1.36. The van der Waals surface area contributed by atoms with Crippen LogP contribution in [-0.2, 0) is 15.1 Å². The second kappa shape index (κ2) is 7.15. The minimum Gasteiger partial charge on any atom is -0.458 e. The molecule has 1 N–H and O–H groups in total. The fourth-order valence-corrected chi connectivity index (χ4v) is 5.40. The van der Waals surface area contributed by atoms with E-state index in [9.17, 15) is 14.4 Å². The molecule has 3 heterocycles. The van der Waals surface area contributed by atoms with Crippen LogP contribution >= 0.6 is 0 Å². The molecule has 1 saturated carbocycles. The van der Waals surface area contributed by atoms with Crippen LogP contribution in [0.15, 0.2) is 34.7 Å². The van der Waals surface area contributed by atoms with Gasteiger partial charge in [0.25, 0.3) is 5.91 Å². The molecule has 0 bridgehead atoms. The Labute approximate surface area is 175 Å². The Morgan fingerprint density at radius 3 is 2.77 bits per heavy atom. The van der Waals surface area contributed by atoms with Gasteiger partial charge < -0.3 is 14.6 Å². The highest BCUT2D eigenvalue weighted by molar-refractivity contribution is 6.09. The van der Waals surface area contributed by atoms with Crippen molar-refractivity contribution in [1.82, 2.24) is 15.1 Å². The van der Waals surface area contributed by atoms with E-state index >= 15 is 0 Å². The van der Waals surface area contributed by atoms with Crippen LogP contribution in [0.5, 0.6) is 0 Å². The van der Waals surface area contributed by atoms with Gasteiger partial charge in [0.05, 0.1) is 0 Å². The number of amides is 4. The van der Waals surface area contributed by atoms with E-state index < -0.39 is 17.5 Å². The number of para-hydroxylation sites is 1. The van der Waals surface area contributed by atoms with Crippen LogP contribution in [0, 0.1) is 5.92 Å². The second-order valence-electron chi connectivity index (χ2n) is 8.94. The molecule has 7 heteroatoms. The maximum Gasteiger partial charge on any atom is 0.325 e. The molecule has 4 amide bonds. The van der Waals surface area contributed by atoms with Gasteiger partial charge in [-0.15, -0.1) is 0 Å². The summed E-state index contributed by atoms with van der Waals surface area (Å²) in [5, 5.41) is 3.61. The molecular formula is C23H27N3O4. The number of hydrogen-bond acceptors (Lipinski definition) is 4. The first-order valence-corrected chi connectivity index (χ1v) is 10.9. The maximum atomic E-state index is 13.2. The number of piperidine rings is 1. The lowest BCUT2D eigenvalue weighted by Gasteiger charge is -2.44. The van der Waals surface area contributed by atoms with E-state index in [1.165, 1.54) is 19.3 Å². The zero-order valence-corrected chi connectivity index (χ0v) is 17.2. The molecule has 1 aliphatic carbocycles. The molecule has 0 radical (unpaired) electrons. The van der Waals surface area contributed by atoms with Crippen molar-refractivity contribution in [2.24, 2.45) is 5.92 Å².